The van der Waals surface area contributed by atoms with Crippen LogP contribution >= 0.6 is 0 Å². The summed E-state index contributed by atoms with van der Waals surface area (Å²) in [6, 6.07) is 6.68. The second-order valence-electron chi connectivity index (χ2n) is 6.62. The van der Waals surface area contributed by atoms with E-state index < -0.39 is 11.4 Å². The first kappa shape index (κ1) is 15.9. The molecular formula is C17H22FN3O2. The highest BCUT2D eigenvalue weighted by Gasteiger charge is 2.49. The van der Waals surface area contributed by atoms with E-state index in [4.69, 9.17) is 5.73 Å². The van der Waals surface area contributed by atoms with Gasteiger partial charge in [-0.05, 0) is 24.5 Å². The number of likely N-dealkylation sites (tertiary alicyclic amines) is 1. The van der Waals surface area contributed by atoms with Crippen molar-refractivity contribution in [1.29, 1.82) is 0 Å². The molecule has 2 aliphatic rings. The van der Waals surface area contributed by atoms with E-state index in [2.05, 4.69) is 5.32 Å². The number of nitrogens with zero attached hydrogens (tertiary/aromatic N) is 1. The number of benzene rings is 1. The first-order valence-electron chi connectivity index (χ1n) is 8.06. The van der Waals surface area contributed by atoms with Crippen LogP contribution in [0.2, 0.25) is 0 Å². The predicted molar refractivity (Wildman–Crippen MR) is 84.1 cm³/mol. The number of halogens is 1. The molecule has 124 valence electrons. The van der Waals surface area contributed by atoms with E-state index in [1.54, 1.807) is 18.2 Å². The van der Waals surface area contributed by atoms with Crippen LogP contribution in [-0.2, 0) is 9.59 Å². The van der Waals surface area contributed by atoms with E-state index in [-0.39, 0.29) is 24.2 Å². The van der Waals surface area contributed by atoms with Crippen LogP contribution in [0.5, 0.6) is 0 Å². The van der Waals surface area contributed by atoms with Gasteiger partial charge in [0.2, 0.25) is 11.8 Å². The summed E-state index contributed by atoms with van der Waals surface area (Å²) in [7, 11) is 0. The van der Waals surface area contributed by atoms with Gasteiger partial charge in [-0.25, -0.2) is 4.39 Å². The maximum atomic E-state index is 14.3. The third-order valence-corrected chi connectivity index (χ3v) is 4.94. The zero-order chi connectivity index (χ0) is 16.4. The summed E-state index contributed by atoms with van der Waals surface area (Å²) in [5.41, 5.74) is 5.40. The van der Waals surface area contributed by atoms with Gasteiger partial charge >= 0.3 is 0 Å². The van der Waals surface area contributed by atoms with Crippen LogP contribution < -0.4 is 11.1 Å². The van der Waals surface area contributed by atoms with Crippen molar-refractivity contribution in [3.8, 4) is 0 Å². The summed E-state index contributed by atoms with van der Waals surface area (Å²) in [6.45, 7) is 1.17. The Morgan fingerprint density at radius 3 is 2.91 bits per heavy atom. The number of hydrogen-bond donors (Lipinski definition) is 2. The van der Waals surface area contributed by atoms with Gasteiger partial charge < -0.3 is 11.1 Å². The fourth-order valence-electron chi connectivity index (χ4n) is 4.01. The van der Waals surface area contributed by atoms with Crippen molar-refractivity contribution in [3.63, 3.8) is 0 Å². The Hall–Kier alpha value is -1.95. The van der Waals surface area contributed by atoms with Crippen LogP contribution in [0, 0.1) is 5.82 Å². The van der Waals surface area contributed by atoms with E-state index in [9.17, 15) is 14.0 Å². The molecule has 5 nitrogen and oxygen atoms in total. The first-order chi connectivity index (χ1) is 11.0. The molecule has 1 spiro atoms. The quantitative estimate of drug-likeness (QED) is 0.877. The highest BCUT2D eigenvalue weighted by Crippen LogP contribution is 2.41. The van der Waals surface area contributed by atoms with Crippen molar-refractivity contribution in [2.75, 3.05) is 19.6 Å². The van der Waals surface area contributed by atoms with E-state index in [0.29, 0.717) is 25.1 Å². The summed E-state index contributed by atoms with van der Waals surface area (Å²) < 4.78 is 14.3. The van der Waals surface area contributed by atoms with E-state index in [1.165, 1.54) is 6.07 Å². The van der Waals surface area contributed by atoms with Gasteiger partial charge in [-0.1, -0.05) is 24.6 Å². The Morgan fingerprint density at radius 2 is 2.17 bits per heavy atom. The molecule has 0 aliphatic carbocycles. The molecule has 3 N–H and O–H groups in total. The summed E-state index contributed by atoms with van der Waals surface area (Å²) in [5.74, 6) is -0.847. The lowest BCUT2D eigenvalue weighted by atomic mass is 9.78. The van der Waals surface area contributed by atoms with Gasteiger partial charge in [0.15, 0.2) is 0 Å². The van der Waals surface area contributed by atoms with Crippen molar-refractivity contribution < 1.29 is 14.0 Å². The smallest absolute Gasteiger partial charge is 0.231 e. The molecular weight excluding hydrogens is 297 g/mol. The number of nitrogens with two attached hydrogens (primary N) is 1. The lowest BCUT2D eigenvalue weighted by molar-refractivity contribution is -0.122. The summed E-state index contributed by atoms with van der Waals surface area (Å²) in [5, 5.41) is 3.13. The third-order valence-electron chi connectivity index (χ3n) is 4.94. The van der Waals surface area contributed by atoms with E-state index in [1.807, 2.05) is 4.90 Å². The van der Waals surface area contributed by atoms with E-state index >= 15 is 0 Å². The summed E-state index contributed by atoms with van der Waals surface area (Å²) in [6.07, 6.45) is 3.04. The van der Waals surface area contributed by atoms with Crippen molar-refractivity contribution >= 4 is 11.8 Å². The number of primary amides is 1. The molecule has 6 heteroatoms. The van der Waals surface area contributed by atoms with Gasteiger partial charge in [-0.15, -0.1) is 0 Å². The Bertz CT molecular complexity index is 622. The molecule has 2 aliphatic heterocycles. The minimum atomic E-state index is -0.523. The fourth-order valence-corrected chi connectivity index (χ4v) is 4.01. The molecule has 2 fully saturated rings. The van der Waals surface area contributed by atoms with Gasteiger partial charge in [-0.3, -0.25) is 14.5 Å². The largest absolute Gasteiger partial charge is 0.369 e. The molecule has 2 saturated heterocycles. The number of carbonyl (C=O) groups excluding carboxylic acids is 2. The molecule has 23 heavy (non-hydrogen) atoms. The average molecular weight is 319 g/mol. The molecule has 2 atom stereocenters. The molecule has 0 unspecified atom stereocenters. The van der Waals surface area contributed by atoms with Crippen LogP contribution in [0.1, 0.15) is 37.2 Å². The number of hydrogen-bond acceptors (Lipinski definition) is 3. The summed E-state index contributed by atoms with van der Waals surface area (Å²) in [4.78, 5) is 25.3. The minimum Gasteiger partial charge on any atom is -0.369 e. The number of carbonyl (C=O) groups is 2. The van der Waals surface area contributed by atoms with Crippen LogP contribution in [-0.4, -0.2) is 41.9 Å². The number of amides is 2. The predicted octanol–water partition coefficient (Wildman–Crippen LogP) is 1.14. The molecule has 0 radical (unpaired) electrons. The fraction of sp³-hybridized carbons (Fsp3) is 0.529. The standard InChI is InChI=1S/C17H22FN3O2/c18-14-6-2-1-5-12(14)13-9-21(10-15(19)22)11-17(13)8-4-3-7-16(23)20-17/h1-2,5-6,13H,3-4,7-11H2,(H2,19,22)(H,20,23)/t13-,17+/m0/s1. The molecule has 0 bridgehead atoms. The lowest BCUT2D eigenvalue weighted by Crippen LogP contribution is -2.53. The van der Waals surface area contributed by atoms with Crippen molar-refractivity contribution in [2.45, 2.75) is 37.1 Å². The SMILES string of the molecule is NC(=O)CN1C[C@@H](c2ccccc2F)[C@@]2(CCCCC(=O)N2)C1. The van der Waals surface area contributed by atoms with Gasteiger partial charge in [-0.2, -0.15) is 0 Å². The average Bonchev–Trinajstić information content (AvgIpc) is 2.69. The normalized spacial score (nSPS) is 28.6. The molecule has 3 rings (SSSR count). The maximum absolute atomic E-state index is 14.3. The molecule has 1 aromatic carbocycles. The zero-order valence-corrected chi connectivity index (χ0v) is 13.1. The van der Waals surface area contributed by atoms with Crippen molar-refractivity contribution in [3.05, 3.63) is 35.6 Å². The lowest BCUT2D eigenvalue weighted by Gasteiger charge is -2.35. The topological polar surface area (TPSA) is 75.4 Å². The Kier molecular flexibility index (Phi) is 4.35. The molecule has 0 aromatic heterocycles. The molecule has 2 amide bonds. The van der Waals surface area contributed by atoms with Crippen LogP contribution in [0.3, 0.4) is 0 Å². The second-order valence-corrected chi connectivity index (χ2v) is 6.62. The molecule has 1 aromatic rings. The second kappa shape index (κ2) is 6.28. The van der Waals surface area contributed by atoms with Crippen molar-refractivity contribution in [1.82, 2.24) is 10.2 Å². The first-order valence-corrected chi connectivity index (χ1v) is 8.06. The van der Waals surface area contributed by atoms with Crippen molar-refractivity contribution in [2.24, 2.45) is 5.73 Å². The van der Waals surface area contributed by atoms with Gasteiger partial charge in [0, 0.05) is 25.4 Å². The Balaban J connectivity index is 1.97. The third kappa shape index (κ3) is 3.22. The molecule has 2 heterocycles. The van der Waals surface area contributed by atoms with Crippen LogP contribution in [0.15, 0.2) is 24.3 Å². The van der Waals surface area contributed by atoms with E-state index in [0.717, 1.165) is 19.3 Å². The Labute approximate surface area is 135 Å². The number of rotatable bonds is 3. The maximum Gasteiger partial charge on any atom is 0.231 e. The monoisotopic (exact) mass is 319 g/mol. The zero-order valence-electron chi connectivity index (χ0n) is 13.1. The van der Waals surface area contributed by atoms with Gasteiger partial charge in [0.05, 0.1) is 12.1 Å². The minimum absolute atomic E-state index is 0.00441. The van der Waals surface area contributed by atoms with Gasteiger partial charge in [0.1, 0.15) is 5.82 Å². The highest BCUT2D eigenvalue weighted by atomic mass is 19.1. The highest BCUT2D eigenvalue weighted by molar-refractivity contribution is 5.78. The molecule has 0 saturated carbocycles. The van der Waals surface area contributed by atoms with Crippen LogP contribution in [0.25, 0.3) is 0 Å². The number of nitrogens with one attached hydrogen (secondary N) is 1. The Morgan fingerprint density at radius 1 is 1.39 bits per heavy atom. The van der Waals surface area contributed by atoms with Crippen LogP contribution in [0.4, 0.5) is 4.39 Å². The summed E-state index contributed by atoms with van der Waals surface area (Å²) >= 11 is 0. The van der Waals surface area contributed by atoms with Gasteiger partial charge in [0.25, 0.3) is 0 Å².